The molecular formula is C29H25ClF6N2Te. The molecule has 206 valence electrons. The second kappa shape index (κ2) is 11.0. The number of anilines is 2. The topological polar surface area (TPSA) is 6.48 Å². The van der Waals surface area contributed by atoms with E-state index in [2.05, 4.69) is 0 Å². The van der Waals surface area contributed by atoms with Crippen LogP contribution in [0.1, 0.15) is 27.8 Å². The van der Waals surface area contributed by atoms with E-state index in [0.29, 0.717) is 0 Å². The molecule has 0 aromatic heterocycles. The summed E-state index contributed by atoms with van der Waals surface area (Å²) in [5, 5.41) is 0. The van der Waals surface area contributed by atoms with Crippen molar-refractivity contribution < 1.29 is 26.3 Å². The zero-order valence-corrected chi connectivity index (χ0v) is 24.5. The van der Waals surface area contributed by atoms with Gasteiger partial charge in [-0.3, -0.25) is 0 Å². The molecule has 0 saturated heterocycles. The van der Waals surface area contributed by atoms with Crippen LogP contribution in [0, 0.1) is 0 Å². The van der Waals surface area contributed by atoms with E-state index in [9.17, 15) is 26.3 Å². The predicted octanol–water partition coefficient (Wildman–Crippen LogP) is 7.91. The molecule has 0 N–H and O–H groups in total. The molecule has 0 fully saturated rings. The van der Waals surface area contributed by atoms with E-state index in [1.807, 2.05) is 86.5 Å². The van der Waals surface area contributed by atoms with Gasteiger partial charge in [-0.25, -0.2) is 0 Å². The van der Waals surface area contributed by atoms with Gasteiger partial charge in [-0.05, 0) is 0 Å². The first-order valence-electron chi connectivity index (χ1n) is 11.7. The summed E-state index contributed by atoms with van der Waals surface area (Å²) in [4.78, 5) is 3.85. The normalized spacial score (nSPS) is 14.7. The van der Waals surface area contributed by atoms with Crippen molar-refractivity contribution in [3.8, 4) is 0 Å². The van der Waals surface area contributed by atoms with Crippen LogP contribution in [0.3, 0.4) is 0 Å². The molecule has 1 aliphatic rings. The van der Waals surface area contributed by atoms with Gasteiger partial charge < -0.3 is 0 Å². The molecule has 1 aliphatic heterocycles. The summed E-state index contributed by atoms with van der Waals surface area (Å²) >= 11 is -2.79. The van der Waals surface area contributed by atoms with Gasteiger partial charge >= 0.3 is 234 Å². The maximum atomic E-state index is 13.6. The van der Waals surface area contributed by atoms with E-state index in [-0.39, 0.29) is 17.2 Å². The van der Waals surface area contributed by atoms with Crippen molar-refractivity contribution in [2.75, 3.05) is 38.0 Å². The van der Waals surface area contributed by atoms with Crippen molar-refractivity contribution in [1.29, 1.82) is 0 Å². The Morgan fingerprint density at radius 3 is 1.44 bits per heavy atom. The van der Waals surface area contributed by atoms with Crippen LogP contribution in [0.2, 0.25) is 0 Å². The number of hydrogen-bond donors (Lipinski definition) is 0. The Labute approximate surface area is 233 Å². The van der Waals surface area contributed by atoms with Crippen molar-refractivity contribution in [1.82, 2.24) is 0 Å². The molecule has 0 aliphatic carbocycles. The summed E-state index contributed by atoms with van der Waals surface area (Å²) in [5.41, 5.74) is 0.795. The quantitative estimate of drug-likeness (QED) is 0.200. The number of benzene rings is 3. The average Bonchev–Trinajstić information content (AvgIpc) is 2.87. The van der Waals surface area contributed by atoms with Crippen LogP contribution in [-0.2, 0) is 12.4 Å². The zero-order valence-electron chi connectivity index (χ0n) is 21.5. The molecule has 3 aromatic rings. The summed E-state index contributed by atoms with van der Waals surface area (Å²) in [6, 6.07) is 16.8. The number of rotatable bonds is 5. The van der Waals surface area contributed by atoms with Crippen molar-refractivity contribution in [2.24, 2.45) is 0 Å². The molecule has 39 heavy (non-hydrogen) atoms. The Morgan fingerprint density at radius 2 is 1.03 bits per heavy atom. The fraction of sp³-hybridized carbons (Fsp3) is 0.207. The van der Waals surface area contributed by atoms with Gasteiger partial charge in [0.15, 0.2) is 0 Å². The Morgan fingerprint density at radius 1 is 0.590 bits per heavy atom. The Bertz CT molecular complexity index is 1430. The van der Waals surface area contributed by atoms with Gasteiger partial charge in [0.25, 0.3) is 0 Å². The van der Waals surface area contributed by atoms with Crippen LogP contribution in [0.15, 0.2) is 78.9 Å². The van der Waals surface area contributed by atoms with Gasteiger partial charge in [0.2, 0.25) is 0 Å². The third-order valence-corrected chi connectivity index (χ3v) is 12.7. The third-order valence-electron chi connectivity index (χ3n) is 6.22. The molecule has 0 radical (unpaired) electrons. The van der Waals surface area contributed by atoms with Gasteiger partial charge in [0.05, 0.1) is 0 Å². The van der Waals surface area contributed by atoms with E-state index in [1.54, 1.807) is 12.2 Å². The molecule has 2 nitrogen and oxygen atoms in total. The average molecular weight is 679 g/mol. The summed E-state index contributed by atoms with van der Waals surface area (Å²) in [6.07, 6.45) is -6.61. The molecule has 0 bridgehead atoms. The zero-order chi connectivity index (χ0) is 28.7. The van der Waals surface area contributed by atoms with Crippen molar-refractivity contribution in [3.05, 3.63) is 107 Å². The Balaban J connectivity index is 1.95. The molecule has 3 aromatic carbocycles. The molecule has 1 heterocycles. The predicted molar refractivity (Wildman–Crippen MR) is 150 cm³/mol. The number of hydrogen-bond acceptors (Lipinski definition) is 2. The summed E-state index contributed by atoms with van der Waals surface area (Å²) in [6.45, 7) is 0. The monoisotopic (exact) mass is 680 g/mol. The van der Waals surface area contributed by atoms with Crippen LogP contribution >= 0.6 is 8.96 Å². The molecule has 0 spiro atoms. The number of alkyl halides is 6. The fourth-order valence-corrected chi connectivity index (χ4v) is 9.80. The van der Waals surface area contributed by atoms with Gasteiger partial charge in [0.1, 0.15) is 0 Å². The molecular weight excluding hydrogens is 653 g/mol. The van der Waals surface area contributed by atoms with Crippen LogP contribution in [0.4, 0.5) is 37.7 Å². The van der Waals surface area contributed by atoms with Gasteiger partial charge in [-0.15, -0.1) is 0 Å². The van der Waals surface area contributed by atoms with Crippen LogP contribution in [0.5, 0.6) is 0 Å². The Kier molecular flexibility index (Phi) is 8.28. The molecule has 4 rings (SSSR count). The van der Waals surface area contributed by atoms with E-state index < -0.39 is 41.4 Å². The van der Waals surface area contributed by atoms with E-state index in [1.165, 1.54) is 0 Å². The van der Waals surface area contributed by atoms with E-state index >= 15 is 0 Å². The second-order valence-electron chi connectivity index (χ2n) is 9.41. The maximum absolute atomic E-state index is 13.6. The van der Waals surface area contributed by atoms with Gasteiger partial charge in [-0.1, -0.05) is 0 Å². The van der Waals surface area contributed by atoms with E-state index in [4.69, 9.17) is 8.96 Å². The first kappa shape index (κ1) is 29.3. The summed E-state index contributed by atoms with van der Waals surface area (Å²) in [5.74, 6) is 0. The number of halogens is 7. The first-order chi connectivity index (χ1) is 18.1. The first-order valence-corrected chi connectivity index (χ1v) is 17.0. The van der Waals surface area contributed by atoms with Crippen LogP contribution in [0.25, 0.3) is 9.19 Å². The van der Waals surface area contributed by atoms with Crippen molar-refractivity contribution in [3.63, 3.8) is 0 Å². The summed E-state index contributed by atoms with van der Waals surface area (Å²) in [7, 11) is 14.7. The molecule has 0 amide bonds. The fourth-order valence-electron chi connectivity index (χ4n) is 4.06. The number of nitrogens with zero attached hydrogens (tertiary/aromatic N) is 2. The van der Waals surface area contributed by atoms with Gasteiger partial charge in [-0.2, -0.15) is 0 Å². The third kappa shape index (κ3) is 6.54. The molecule has 0 saturated carbocycles. The summed E-state index contributed by atoms with van der Waals surface area (Å²) < 4.78 is 83.2. The van der Waals surface area contributed by atoms with Crippen LogP contribution in [-0.4, -0.2) is 49.7 Å². The minimum atomic E-state index is -4.94. The van der Waals surface area contributed by atoms with E-state index in [0.717, 1.165) is 41.8 Å². The SMILES string of the molecule is CN(C)c1ccc(C2=CC(c3cc(C(F)(F)F)cc(C(F)(F)F)c3)=CC(c3ccc(N(C)C)cc3)=[Te]2Cl)cc1. The molecule has 10 heteroatoms. The van der Waals surface area contributed by atoms with Crippen molar-refractivity contribution >= 4 is 51.0 Å². The molecule has 0 atom stereocenters. The Hall–Kier alpha value is -2.73. The number of allylic oxidation sites excluding steroid dienone is 3. The second-order valence-corrected chi connectivity index (χ2v) is 15.5. The molecule has 0 unspecified atom stereocenters. The van der Waals surface area contributed by atoms with Gasteiger partial charge in [0, 0.05) is 0 Å². The van der Waals surface area contributed by atoms with Crippen LogP contribution < -0.4 is 9.80 Å². The van der Waals surface area contributed by atoms with Crippen molar-refractivity contribution in [2.45, 2.75) is 12.4 Å². The standard InChI is InChI=1S/C29H25ClF6N2Te/c1-37(2)24-9-5-18(6-10-24)26-15-21(16-27(39(26)30)19-7-11-25(12-8-19)38(3)4)20-13-22(28(31,32)33)17-23(14-20)29(34,35)36/h5-17H,1-4H3. The minimum absolute atomic E-state index is 0.142.